The molecule has 2 rings (SSSR count). The predicted octanol–water partition coefficient (Wildman–Crippen LogP) is 0.730. The molecular formula is C13H15BFNO3. The quantitative estimate of drug-likeness (QED) is 0.781. The standard InChI is InChI=1S/C13H15BFNO3/c1-16(9-12-3-2-6-19-12)8-10-4-5-11(14(17)18)7-13(10)15/h2-7,17-18H,8-9H2,1H3. The topological polar surface area (TPSA) is 56.8 Å². The van der Waals surface area contributed by atoms with Crippen molar-refractivity contribution in [3.63, 3.8) is 0 Å². The molecule has 0 radical (unpaired) electrons. The van der Waals surface area contributed by atoms with Gasteiger partial charge in [-0.25, -0.2) is 4.39 Å². The monoisotopic (exact) mass is 263 g/mol. The number of furan rings is 1. The summed E-state index contributed by atoms with van der Waals surface area (Å²) in [6, 6.07) is 7.87. The van der Waals surface area contributed by atoms with Crippen molar-refractivity contribution >= 4 is 12.6 Å². The highest BCUT2D eigenvalue weighted by molar-refractivity contribution is 6.58. The molecule has 0 amide bonds. The zero-order valence-corrected chi connectivity index (χ0v) is 10.6. The lowest BCUT2D eigenvalue weighted by Gasteiger charge is -2.16. The van der Waals surface area contributed by atoms with Gasteiger partial charge in [0.1, 0.15) is 11.6 Å². The second-order valence-corrected chi connectivity index (χ2v) is 4.48. The second-order valence-electron chi connectivity index (χ2n) is 4.48. The van der Waals surface area contributed by atoms with E-state index < -0.39 is 12.9 Å². The molecule has 0 saturated heterocycles. The molecule has 6 heteroatoms. The molecular weight excluding hydrogens is 248 g/mol. The third kappa shape index (κ3) is 3.67. The van der Waals surface area contributed by atoms with Crippen molar-refractivity contribution in [1.82, 2.24) is 4.90 Å². The molecule has 1 heterocycles. The van der Waals surface area contributed by atoms with Gasteiger partial charge in [-0.3, -0.25) is 4.90 Å². The van der Waals surface area contributed by atoms with Crippen LogP contribution in [0.3, 0.4) is 0 Å². The Balaban J connectivity index is 2.02. The minimum Gasteiger partial charge on any atom is -0.468 e. The van der Waals surface area contributed by atoms with Crippen molar-refractivity contribution in [3.8, 4) is 0 Å². The lowest BCUT2D eigenvalue weighted by atomic mass is 9.80. The minimum absolute atomic E-state index is 0.148. The average Bonchev–Trinajstić information content (AvgIpc) is 2.84. The van der Waals surface area contributed by atoms with Crippen LogP contribution < -0.4 is 5.46 Å². The van der Waals surface area contributed by atoms with Gasteiger partial charge < -0.3 is 14.5 Å². The SMILES string of the molecule is CN(Cc1ccco1)Cc1ccc(B(O)O)cc1F. The van der Waals surface area contributed by atoms with Crippen molar-refractivity contribution in [2.24, 2.45) is 0 Å². The molecule has 19 heavy (non-hydrogen) atoms. The summed E-state index contributed by atoms with van der Waals surface area (Å²) in [6.07, 6.45) is 1.60. The molecule has 0 aliphatic carbocycles. The molecule has 2 aromatic rings. The van der Waals surface area contributed by atoms with Crippen LogP contribution in [0.15, 0.2) is 41.0 Å². The summed E-state index contributed by atoms with van der Waals surface area (Å²) in [7, 11) is 0.209. The Labute approximate surface area is 111 Å². The maximum Gasteiger partial charge on any atom is 0.488 e. The van der Waals surface area contributed by atoms with Crippen molar-refractivity contribution in [3.05, 3.63) is 53.7 Å². The number of nitrogens with zero attached hydrogens (tertiary/aromatic N) is 1. The minimum atomic E-state index is -1.65. The molecule has 0 fully saturated rings. The van der Waals surface area contributed by atoms with Crippen LogP contribution >= 0.6 is 0 Å². The van der Waals surface area contributed by atoms with Gasteiger partial charge >= 0.3 is 7.12 Å². The van der Waals surface area contributed by atoms with Crippen LogP contribution in [-0.2, 0) is 13.1 Å². The summed E-state index contributed by atoms with van der Waals surface area (Å²) in [6.45, 7) is 0.991. The smallest absolute Gasteiger partial charge is 0.468 e. The molecule has 4 nitrogen and oxygen atoms in total. The zero-order chi connectivity index (χ0) is 13.8. The van der Waals surface area contributed by atoms with Crippen molar-refractivity contribution in [2.45, 2.75) is 13.1 Å². The molecule has 100 valence electrons. The Kier molecular flexibility index (Phi) is 4.37. The van der Waals surface area contributed by atoms with E-state index in [-0.39, 0.29) is 5.46 Å². The molecule has 2 N–H and O–H groups in total. The van der Waals surface area contributed by atoms with E-state index in [1.165, 1.54) is 6.07 Å². The van der Waals surface area contributed by atoms with Gasteiger partial charge in [-0.05, 0) is 30.7 Å². The van der Waals surface area contributed by atoms with Gasteiger partial charge in [-0.2, -0.15) is 0 Å². The summed E-state index contributed by atoms with van der Waals surface area (Å²) >= 11 is 0. The predicted molar refractivity (Wildman–Crippen MR) is 70.1 cm³/mol. The lowest BCUT2D eigenvalue weighted by molar-refractivity contribution is 0.284. The molecule has 0 bridgehead atoms. The maximum absolute atomic E-state index is 13.8. The number of benzene rings is 1. The molecule has 0 aliphatic rings. The summed E-state index contributed by atoms with van der Waals surface area (Å²) in [4.78, 5) is 1.91. The van der Waals surface area contributed by atoms with E-state index >= 15 is 0 Å². The highest BCUT2D eigenvalue weighted by atomic mass is 19.1. The first-order chi connectivity index (χ1) is 9.06. The summed E-state index contributed by atoms with van der Waals surface area (Å²) in [5.41, 5.74) is 0.647. The molecule has 0 atom stereocenters. The molecule has 1 aromatic heterocycles. The number of halogens is 1. The zero-order valence-electron chi connectivity index (χ0n) is 10.6. The van der Waals surface area contributed by atoms with E-state index in [1.807, 2.05) is 18.0 Å². The highest BCUT2D eigenvalue weighted by Gasteiger charge is 2.14. The number of rotatable bonds is 5. The Morgan fingerprint density at radius 3 is 2.63 bits per heavy atom. The van der Waals surface area contributed by atoms with E-state index in [0.717, 1.165) is 11.8 Å². The van der Waals surface area contributed by atoms with Gasteiger partial charge in [0.25, 0.3) is 0 Å². The molecule has 0 saturated carbocycles. The van der Waals surface area contributed by atoms with E-state index in [1.54, 1.807) is 18.4 Å². The van der Waals surface area contributed by atoms with Crippen LogP contribution in [0.1, 0.15) is 11.3 Å². The van der Waals surface area contributed by atoms with Crippen molar-refractivity contribution in [2.75, 3.05) is 7.05 Å². The van der Waals surface area contributed by atoms with E-state index in [9.17, 15) is 4.39 Å². The fourth-order valence-corrected chi connectivity index (χ4v) is 1.87. The van der Waals surface area contributed by atoms with E-state index in [2.05, 4.69) is 0 Å². The number of hydrogen-bond donors (Lipinski definition) is 2. The first-order valence-electron chi connectivity index (χ1n) is 5.91. The molecule has 1 aromatic carbocycles. The van der Waals surface area contributed by atoms with E-state index in [4.69, 9.17) is 14.5 Å². The van der Waals surface area contributed by atoms with Crippen LogP contribution in [-0.4, -0.2) is 29.1 Å². The Morgan fingerprint density at radius 2 is 2.05 bits per heavy atom. The largest absolute Gasteiger partial charge is 0.488 e. The lowest BCUT2D eigenvalue weighted by Crippen LogP contribution is -2.30. The molecule has 0 unspecified atom stereocenters. The van der Waals surface area contributed by atoms with Crippen LogP contribution in [0.4, 0.5) is 4.39 Å². The maximum atomic E-state index is 13.8. The summed E-state index contributed by atoms with van der Waals surface area (Å²) < 4.78 is 19.0. The fraction of sp³-hybridized carbons (Fsp3) is 0.231. The second kappa shape index (κ2) is 6.01. The first kappa shape index (κ1) is 13.8. The van der Waals surface area contributed by atoms with Gasteiger partial charge in [-0.1, -0.05) is 12.1 Å². The first-order valence-corrected chi connectivity index (χ1v) is 5.91. The van der Waals surface area contributed by atoms with Gasteiger partial charge in [0, 0.05) is 12.1 Å². The van der Waals surface area contributed by atoms with E-state index in [0.29, 0.717) is 18.7 Å². The Morgan fingerprint density at radius 1 is 1.26 bits per heavy atom. The van der Waals surface area contributed by atoms with Crippen LogP contribution in [0.25, 0.3) is 0 Å². The van der Waals surface area contributed by atoms with Gasteiger partial charge in [-0.15, -0.1) is 0 Å². The van der Waals surface area contributed by atoms with Gasteiger partial charge in [0.15, 0.2) is 0 Å². The molecule has 0 spiro atoms. The van der Waals surface area contributed by atoms with Crippen LogP contribution in [0, 0.1) is 5.82 Å². The molecule has 0 aliphatic heterocycles. The third-order valence-electron chi connectivity index (χ3n) is 2.82. The van der Waals surface area contributed by atoms with Crippen LogP contribution in [0.2, 0.25) is 0 Å². The van der Waals surface area contributed by atoms with Gasteiger partial charge in [0.05, 0.1) is 12.8 Å². The highest BCUT2D eigenvalue weighted by Crippen LogP contribution is 2.11. The average molecular weight is 263 g/mol. The normalized spacial score (nSPS) is 11.0. The Hall–Kier alpha value is -1.63. The number of hydrogen-bond acceptors (Lipinski definition) is 4. The third-order valence-corrected chi connectivity index (χ3v) is 2.82. The van der Waals surface area contributed by atoms with Crippen molar-refractivity contribution in [1.29, 1.82) is 0 Å². The van der Waals surface area contributed by atoms with Gasteiger partial charge in [0.2, 0.25) is 0 Å². The summed E-state index contributed by atoms with van der Waals surface area (Å²) in [5.74, 6) is 0.363. The fourth-order valence-electron chi connectivity index (χ4n) is 1.87. The van der Waals surface area contributed by atoms with Crippen LogP contribution in [0.5, 0.6) is 0 Å². The Bertz CT molecular complexity index is 531. The van der Waals surface area contributed by atoms with Crippen molar-refractivity contribution < 1.29 is 18.9 Å². The summed E-state index contributed by atoms with van der Waals surface area (Å²) in [5, 5.41) is 17.9.